The normalized spacial score (nSPS) is 11.0. The zero-order chi connectivity index (χ0) is 16.7. The van der Waals surface area contributed by atoms with Crippen LogP contribution in [0.15, 0.2) is 52.7 Å². The molecule has 0 fully saturated rings. The smallest absolute Gasteiger partial charge is 0.119 e. The molecule has 5 nitrogen and oxygen atoms in total. The number of hydrogen-bond donors (Lipinski definition) is 1. The van der Waals surface area contributed by atoms with E-state index in [4.69, 9.17) is 9.84 Å². The molecule has 0 aliphatic carbocycles. The third-order valence-electron chi connectivity index (χ3n) is 3.64. The number of ether oxygens (including phenoxy) is 1. The van der Waals surface area contributed by atoms with Gasteiger partial charge in [0.2, 0.25) is 0 Å². The van der Waals surface area contributed by atoms with E-state index in [-0.39, 0.29) is 6.61 Å². The monoisotopic (exact) mass is 313 g/mol. The molecule has 0 amide bonds. The number of azo groups is 1. The summed E-state index contributed by atoms with van der Waals surface area (Å²) < 4.78 is 5.12. The minimum absolute atomic E-state index is 0.145. The van der Waals surface area contributed by atoms with Gasteiger partial charge in [0.05, 0.1) is 25.1 Å². The van der Waals surface area contributed by atoms with Crippen molar-refractivity contribution < 1.29 is 9.84 Å². The molecule has 1 N–H and O–H groups in total. The van der Waals surface area contributed by atoms with Crippen molar-refractivity contribution in [3.8, 4) is 5.75 Å². The molecule has 0 radical (unpaired) electrons. The van der Waals surface area contributed by atoms with Gasteiger partial charge in [0.15, 0.2) is 0 Å². The average molecular weight is 313 g/mol. The van der Waals surface area contributed by atoms with Crippen LogP contribution in [0.3, 0.4) is 0 Å². The number of aryl methyl sites for hydroxylation is 1. The first-order chi connectivity index (χ1) is 11.2. The van der Waals surface area contributed by atoms with Crippen LogP contribution < -0.4 is 9.64 Å². The lowest BCUT2D eigenvalue weighted by molar-refractivity contribution is 0.302. The van der Waals surface area contributed by atoms with Crippen molar-refractivity contribution >= 4 is 17.1 Å². The number of hydrogen-bond acceptors (Lipinski definition) is 5. The Balaban J connectivity index is 2.15. The van der Waals surface area contributed by atoms with E-state index in [1.807, 2.05) is 43.3 Å². The lowest BCUT2D eigenvalue weighted by Crippen LogP contribution is -2.26. The number of rotatable bonds is 7. The minimum atomic E-state index is 0.145. The van der Waals surface area contributed by atoms with Gasteiger partial charge in [-0.15, -0.1) is 0 Å². The highest BCUT2D eigenvalue weighted by atomic mass is 16.5. The highest BCUT2D eigenvalue weighted by Gasteiger charge is 2.06. The Labute approximate surface area is 137 Å². The van der Waals surface area contributed by atoms with Crippen LogP contribution in [-0.4, -0.2) is 31.9 Å². The summed E-state index contributed by atoms with van der Waals surface area (Å²) >= 11 is 0. The summed E-state index contributed by atoms with van der Waals surface area (Å²) in [6.45, 7) is 5.71. The third-order valence-corrected chi connectivity index (χ3v) is 3.64. The molecule has 2 rings (SSSR count). The first kappa shape index (κ1) is 17.0. The molecule has 0 unspecified atom stereocenters. The second kappa shape index (κ2) is 8.29. The standard InChI is InChI=1S/C18H23N3O2/c1-4-21(11-12-22)16-7-10-18(14(2)13-16)20-19-15-5-8-17(23-3)9-6-15/h5-10,13,22H,4,11-12H2,1-3H3. The predicted octanol–water partition coefficient (Wildman–Crippen LogP) is 4.24. The molecule has 23 heavy (non-hydrogen) atoms. The zero-order valence-electron chi connectivity index (χ0n) is 13.9. The molecule has 2 aromatic carbocycles. The van der Waals surface area contributed by atoms with E-state index in [1.165, 1.54) is 0 Å². The Morgan fingerprint density at radius 1 is 1.09 bits per heavy atom. The molecule has 0 saturated carbocycles. The second-order valence-corrected chi connectivity index (χ2v) is 5.17. The van der Waals surface area contributed by atoms with Crippen molar-refractivity contribution in [2.24, 2.45) is 10.2 Å². The van der Waals surface area contributed by atoms with Crippen LogP contribution in [0, 0.1) is 6.92 Å². The Hall–Kier alpha value is -2.40. The summed E-state index contributed by atoms with van der Waals surface area (Å²) in [5.74, 6) is 0.799. The number of aliphatic hydroxyl groups excluding tert-OH is 1. The maximum Gasteiger partial charge on any atom is 0.119 e. The summed E-state index contributed by atoms with van der Waals surface area (Å²) in [5.41, 5.74) is 3.76. The Morgan fingerprint density at radius 3 is 2.39 bits per heavy atom. The van der Waals surface area contributed by atoms with Crippen LogP contribution in [0.1, 0.15) is 12.5 Å². The van der Waals surface area contributed by atoms with Crippen LogP contribution >= 0.6 is 0 Å². The number of aliphatic hydroxyl groups is 1. The van der Waals surface area contributed by atoms with Gasteiger partial charge in [0.1, 0.15) is 5.75 Å². The maximum atomic E-state index is 9.12. The van der Waals surface area contributed by atoms with Crippen molar-refractivity contribution in [1.82, 2.24) is 0 Å². The van der Waals surface area contributed by atoms with E-state index in [0.717, 1.165) is 34.9 Å². The third kappa shape index (κ3) is 4.53. The summed E-state index contributed by atoms with van der Waals surface area (Å²) in [6, 6.07) is 13.5. The van der Waals surface area contributed by atoms with Gasteiger partial charge >= 0.3 is 0 Å². The molecule has 0 heterocycles. The second-order valence-electron chi connectivity index (χ2n) is 5.17. The van der Waals surface area contributed by atoms with Gasteiger partial charge in [-0.2, -0.15) is 10.2 Å². The first-order valence-electron chi connectivity index (χ1n) is 7.70. The van der Waals surface area contributed by atoms with Gasteiger partial charge in [0.25, 0.3) is 0 Å². The highest BCUT2D eigenvalue weighted by Crippen LogP contribution is 2.27. The van der Waals surface area contributed by atoms with Crippen LogP contribution in [0.5, 0.6) is 5.75 Å². The molecule has 2 aromatic rings. The van der Waals surface area contributed by atoms with Crippen molar-refractivity contribution in [2.45, 2.75) is 13.8 Å². The average Bonchev–Trinajstić information content (AvgIpc) is 2.59. The molecule has 0 aliphatic rings. The van der Waals surface area contributed by atoms with Gasteiger partial charge in [0, 0.05) is 18.8 Å². The SMILES string of the molecule is CCN(CCO)c1ccc(N=Nc2ccc(OC)cc2)c(C)c1. The van der Waals surface area contributed by atoms with Crippen molar-refractivity contribution in [3.05, 3.63) is 48.0 Å². The molecule has 0 aliphatic heterocycles. The highest BCUT2D eigenvalue weighted by molar-refractivity contribution is 5.57. The lowest BCUT2D eigenvalue weighted by atomic mass is 10.1. The number of anilines is 1. The summed E-state index contributed by atoms with van der Waals surface area (Å²) in [4.78, 5) is 2.12. The lowest BCUT2D eigenvalue weighted by Gasteiger charge is -2.22. The molecule has 0 bridgehead atoms. The summed E-state index contributed by atoms with van der Waals surface area (Å²) in [6.07, 6.45) is 0. The molecular weight excluding hydrogens is 290 g/mol. The van der Waals surface area contributed by atoms with E-state index >= 15 is 0 Å². The largest absolute Gasteiger partial charge is 0.497 e. The number of benzene rings is 2. The summed E-state index contributed by atoms with van der Waals surface area (Å²) in [7, 11) is 1.64. The van der Waals surface area contributed by atoms with Gasteiger partial charge in [-0.25, -0.2) is 0 Å². The quantitative estimate of drug-likeness (QED) is 0.778. The van der Waals surface area contributed by atoms with Gasteiger partial charge in [-0.1, -0.05) is 0 Å². The van der Waals surface area contributed by atoms with E-state index in [2.05, 4.69) is 28.1 Å². The fourth-order valence-corrected chi connectivity index (χ4v) is 2.30. The van der Waals surface area contributed by atoms with E-state index in [0.29, 0.717) is 6.54 Å². The Kier molecular flexibility index (Phi) is 6.11. The van der Waals surface area contributed by atoms with Crippen LogP contribution in [-0.2, 0) is 0 Å². The molecule has 0 spiro atoms. The molecule has 0 saturated heterocycles. The summed E-state index contributed by atoms with van der Waals surface area (Å²) in [5, 5.41) is 17.7. The van der Waals surface area contributed by atoms with Crippen molar-refractivity contribution in [2.75, 3.05) is 31.7 Å². The van der Waals surface area contributed by atoms with Gasteiger partial charge in [-0.05, 0) is 61.9 Å². The number of nitrogens with zero attached hydrogens (tertiary/aromatic N) is 3. The van der Waals surface area contributed by atoms with Crippen molar-refractivity contribution in [3.63, 3.8) is 0 Å². The Morgan fingerprint density at radius 2 is 1.83 bits per heavy atom. The minimum Gasteiger partial charge on any atom is -0.497 e. The van der Waals surface area contributed by atoms with Gasteiger partial charge < -0.3 is 14.7 Å². The Bertz CT molecular complexity index is 654. The first-order valence-corrected chi connectivity index (χ1v) is 7.70. The van der Waals surface area contributed by atoms with Crippen LogP contribution in [0.2, 0.25) is 0 Å². The zero-order valence-corrected chi connectivity index (χ0v) is 13.9. The number of methoxy groups -OCH3 is 1. The van der Waals surface area contributed by atoms with E-state index in [9.17, 15) is 0 Å². The maximum absolute atomic E-state index is 9.12. The van der Waals surface area contributed by atoms with Crippen molar-refractivity contribution in [1.29, 1.82) is 0 Å². The molecule has 5 heteroatoms. The van der Waals surface area contributed by atoms with E-state index < -0.39 is 0 Å². The van der Waals surface area contributed by atoms with E-state index in [1.54, 1.807) is 7.11 Å². The molecule has 122 valence electrons. The fraction of sp³-hybridized carbons (Fsp3) is 0.333. The molecule has 0 aromatic heterocycles. The number of likely N-dealkylation sites (N-methyl/N-ethyl adjacent to an activating group) is 1. The molecular formula is C18H23N3O2. The fourth-order valence-electron chi connectivity index (χ4n) is 2.30. The van der Waals surface area contributed by atoms with Crippen LogP contribution in [0.25, 0.3) is 0 Å². The van der Waals surface area contributed by atoms with Crippen LogP contribution in [0.4, 0.5) is 17.1 Å². The van der Waals surface area contributed by atoms with Gasteiger partial charge in [-0.3, -0.25) is 0 Å². The molecule has 0 atom stereocenters. The predicted molar refractivity (Wildman–Crippen MR) is 93.3 cm³/mol. The topological polar surface area (TPSA) is 57.4 Å².